The predicted octanol–water partition coefficient (Wildman–Crippen LogP) is 5.64. The van der Waals surface area contributed by atoms with Crippen LogP contribution in [0.1, 0.15) is 63.0 Å². The summed E-state index contributed by atoms with van der Waals surface area (Å²) in [5, 5.41) is 3.27. The molecule has 0 saturated heterocycles. The number of nitrogens with one attached hydrogen (secondary N) is 1. The number of carbonyl (C=O) groups excluding carboxylic acids is 2. The Morgan fingerprint density at radius 3 is 2.42 bits per heavy atom. The van der Waals surface area contributed by atoms with Crippen molar-refractivity contribution in [1.29, 1.82) is 0 Å². The van der Waals surface area contributed by atoms with Gasteiger partial charge in [0, 0.05) is 29.9 Å². The molecule has 0 radical (unpaired) electrons. The number of nitrogens with zero attached hydrogens (tertiary/aromatic N) is 1. The van der Waals surface area contributed by atoms with E-state index in [2.05, 4.69) is 21.2 Å². The third-order valence-corrected chi connectivity index (χ3v) is 6.42. The second-order valence-corrected chi connectivity index (χ2v) is 9.37. The summed E-state index contributed by atoms with van der Waals surface area (Å²) in [6, 6.07) is 17.7. The zero-order chi connectivity index (χ0) is 22.1. The SMILES string of the molecule is CCCC(=O)N(Cc1cccc(Br)c1)C(Cc1ccccc1)C(=O)NC1CCCCC1. The standard InChI is InChI=1S/C26H33BrN2O2/c1-2-10-25(30)29(19-21-13-9-14-22(27)17-21)24(18-20-11-5-3-6-12-20)26(31)28-23-15-7-4-8-16-23/h3,5-6,9,11-14,17,23-24H,2,4,7-8,10,15-16,18-19H2,1H3,(H,28,31). The molecule has 2 amide bonds. The van der Waals surface area contributed by atoms with Crippen LogP contribution in [0, 0.1) is 0 Å². The molecule has 2 aromatic rings. The van der Waals surface area contributed by atoms with Gasteiger partial charge in [0.2, 0.25) is 11.8 Å². The fourth-order valence-corrected chi connectivity index (χ4v) is 4.73. The van der Waals surface area contributed by atoms with Gasteiger partial charge < -0.3 is 10.2 Å². The molecular formula is C26H33BrN2O2. The number of benzene rings is 2. The molecule has 0 spiro atoms. The van der Waals surface area contributed by atoms with Crippen LogP contribution < -0.4 is 5.32 Å². The quantitative estimate of drug-likeness (QED) is 0.500. The van der Waals surface area contributed by atoms with Crippen LogP contribution in [-0.4, -0.2) is 28.8 Å². The van der Waals surface area contributed by atoms with Gasteiger partial charge in [-0.3, -0.25) is 9.59 Å². The van der Waals surface area contributed by atoms with Crippen LogP contribution in [0.15, 0.2) is 59.1 Å². The normalized spacial score (nSPS) is 15.3. The van der Waals surface area contributed by atoms with Gasteiger partial charge in [-0.05, 0) is 42.5 Å². The van der Waals surface area contributed by atoms with Crippen LogP contribution in [-0.2, 0) is 22.6 Å². The molecular weight excluding hydrogens is 452 g/mol. The average molecular weight is 485 g/mol. The van der Waals surface area contributed by atoms with E-state index in [-0.39, 0.29) is 17.9 Å². The summed E-state index contributed by atoms with van der Waals surface area (Å²) in [5.41, 5.74) is 2.08. The van der Waals surface area contributed by atoms with Gasteiger partial charge in [0.15, 0.2) is 0 Å². The van der Waals surface area contributed by atoms with E-state index in [4.69, 9.17) is 0 Å². The van der Waals surface area contributed by atoms with Crippen molar-refractivity contribution in [2.45, 2.75) is 76.9 Å². The van der Waals surface area contributed by atoms with Crippen molar-refractivity contribution in [1.82, 2.24) is 10.2 Å². The molecule has 2 aromatic carbocycles. The smallest absolute Gasteiger partial charge is 0.243 e. The van der Waals surface area contributed by atoms with E-state index in [1.165, 1.54) is 6.42 Å². The van der Waals surface area contributed by atoms with Gasteiger partial charge in [0.1, 0.15) is 6.04 Å². The highest BCUT2D eigenvalue weighted by atomic mass is 79.9. The molecule has 5 heteroatoms. The second-order valence-electron chi connectivity index (χ2n) is 8.45. The molecule has 1 saturated carbocycles. The highest BCUT2D eigenvalue weighted by Crippen LogP contribution is 2.21. The van der Waals surface area contributed by atoms with Crippen molar-refractivity contribution < 1.29 is 9.59 Å². The molecule has 3 rings (SSSR count). The Morgan fingerprint density at radius 1 is 1.03 bits per heavy atom. The average Bonchev–Trinajstić information content (AvgIpc) is 2.77. The maximum absolute atomic E-state index is 13.5. The molecule has 1 unspecified atom stereocenters. The predicted molar refractivity (Wildman–Crippen MR) is 129 cm³/mol. The fraction of sp³-hybridized carbons (Fsp3) is 0.462. The van der Waals surface area contributed by atoms with E-state index in [0.717, 1.165) is 47.7 Å². The van der Waals surface area contributed by atoms with Crippen molar-refractivity contribution >= 4 is 27.7 Å². The molecule has 1 aliphatic carbocycles. The summed E-state index contributed by atoms with van der Waals surface area (Å²) in [6.45, 7) is 2.43. The first-order valence-corrected chi connectivity index (χ1v) is 12.2. The minimum Gasteiger partial charge on any atom is -0.352 e. The summed E-state index contributed by atoms with van der Waals surface area (Å²) in [7, 11) is 0. The van der Waals surface area contributed by atoms with Crippen LogP contribution in [0.25, 0.3) is 0 Å². The number of rotatable bonds is 9. The Labute approximate surface area is 194 Å². The van der Waals surface area contributed by atoms with Crippen LogP contribution in [0.4, 0.5) is 0 Å². The van der Waals surface area contributed by atoms with Gasteiger partial charge in [-0.2, -0.15) is 0 Å². The Hall–Kier alpha value is -2.14. The summed E-state index contributed by atoms with van der Waals surface area (Å²) >= 11 is 3.52. The minimum atomic E-state index is -0.526. The molecule has 1 fully saturated rings. The van der Waals surface area contributed by atoms with Crippen LogP contribution in [0.2, 0.25) is 0 Å². The topological polar surface area (TPSA) is 49.4 Å². The van der Waals surface area contributed by atoms with Crippen molar-refractivity contribution in [3.8, 4) is 0 Å². The minimum absolute atomic E-state index is 0.0298. The van der Waals surface area contributed by atoms with E-state index >= 15 is 0 Å². The third-order valence-electron chi connectivity index (χ3n) is 5.93. The number of hydrogen-bond acceptors (Lipinski definition) is 2. The highest BCUT2D eigenvalue weighted by Gasteiger charge is 2.31. The zero-order valence-electron chi connectivity index (χ0n) is 18.4. The Balaban J connectivity index is 1.88. The van der Waals surface area contributed by atoms with E-state index in [1.54, 1.807) is 4.90 Å². The summed E-state index contributed by atoms with van der Waals surface area (Å²) < 4.78 is 0.971. The first kappa shape index (κ1) is 23.5. The zero-order valence-corrected chi connectivity index (χ0v) is 19.9. The van der Waals surface area contributed by atoms with Gasteiger partial charge in [0.25, 0.3) is 0 Å². The van der Waals surface area contributed by atoms with Crippen molar-refractivity contribution in [3.05, 3.63) is 70.2 Å². The maximum atomic E-state index is 13.5. The molecule has 1 N–H and O–H groups in total. The van der Waals surface area contributed by atoms with Crippen molar-refractivity contribution in [2.75, 3.05) is 0 Å². The number of carbonyl (C=O) groups is 2. The first-order chi connectivity index (χ1) is 15.1. The van der Waals surface area contributed by atoms with Crippen molar-refractivity contribution in [3.63, 3.8) is 0 Å². The van der Waals surface area contributed by atoms with Gasteiger partial charge >= 0.3 is 0 Å². The highest BCUT2D eigenvalue weighted by molar-refractivity contribution is 9.10. The lowest BCUT2D eigenvalue weighted by Crippen LogP contribution is -2.52. The third kappa shape index (κ3) is 7.20. The fourth-order valence-electron chi connectivity index (χ4n) is 4.29. The van der Waals surface area contributed by atoms with E-state index < -0.39 is 6.04 Å². The van der Waals surface area contributed by atoms with Crippen LogP contribution in [0.3, 0.4) is 0 Å². The van der Waals surface area contributed by atoms with E-state index in [0.29, 0.717) is 19.4 Å². The monoisotopic (exact) mass is 484 g/mol. The lowest BCUT2D eigenvalue weighted by Gasteiger charge is -2.33. The molecule has 0 aromatic heterocycles. The number of hydrogen-bond donors (Lipinski definition) is 1. The van der Waals surface area contributed by atoms with Gasteiger partial charge in [-0.15, -0.1) is 0 Å². The molecule has 4 nitrogen and oxygen atoms in total. The van der Waals surface area contributed by atoms with Gasteiger partial charge in [-0.25, -0.2) is 0 Å². The molecule has 0 heterocycles. The molecule has 1 atom stereocenters. The first-order valence-electron chi connectivity index (χ1n) is 11.4. The second kappa shape index (κ2) is 12.0. The van der Waals surface area contributed by atoms with E-state index in [1.807, 2.05) is 61.5 Å². The van der Waals surface area contributed by atoms with Gasteiger partial charge in [-0.1, -0.05) is 84.6 Å². The lowest BCUT2D eigenvalue weighted by atomic mass is 9.94. The Morgan fingerprint density at radius 2 is 1.74 bits per heavy atom. The lowest BCUT2D eigenvalue weighted by molar-refractivity contribution is -0.141. The molecule has 31 heavy (non-hydrogen) atoms. The summed E-state index contributed by atoms with van der Waals surface area (Å²) in [4.78, 5) is 28.5. The van der Waals surface area contributed by atoms with Crippen molar-refractivity contribution in [2.24, 2.45) is 0 Å². The van der Waals surface area contributed by atoms with Crippen LogP contribution >= 0.6 is 15.9 Å². The summed E-state index contributed by atoms with van der Waals surface area (Å²) in [5.74, 6) is -0.00240. The molecule has 0 bridgehead atoms. The van der Waals surface area contributed by atoms with E-state index in [9.17, 15) is 9.59 Å². The maximum Gasteiger partial charge on any atom is 0.243 e. The number of halogens is 1. The largest absolute Gasteiger partial charge is 0.352 e. The van der Waals surface area contributed by atoms with Crippen LogP contribution in [0.5, 0.6) is 0 Å². The Kier molecular flexibility index (Phi) is 9.13. The summed E-state index contributed by atoms with van der Waals surface area (Å²) in [6.07, 6.45) is 7.32. The molecule has 0 aliphatic heterocycles. The number of amides is 2. The molecule has 166 valence electrons. The molecule has 1 aliphatic rings. The van der Waals surface area contributed by atoms with Gasteiger partial charge in [0.05, 0.1) is 0 Å². The Bertz CT molecular complexity index is 849.